The number of methoxy groups -OCH3 is 1. The summed E-state index contributed by atoms with van der Waals surface area (Å²) in [6, 6.07) is 0. The highest BCUT2D eigenvalue weighted by Gasteiger charge is 2.21. The summed E-state index contributed by atoms with van der Waals surface area (Å²) in [4.78, 5) is 8.80. The van der Waals surface area contributed by atoms with E-state index in [1.165, 1.54) is 25.7 Å². The predicted molar refractivity (Wildman–Crippen MR) is 67.0 cm³/mol. The number of hydrogen-bond donors (Lipinski definition) is 1. The third-order valence-electron chi connectivity index (χ3n) is 3.67. The summed E-state index contributed by atoms with van der Waals surface area (Å²) in [5, 5.41) is 0. The highest BCUT2D eigenvalue weighted by atomic mass is 16.5. The van der Waals surface area contributed by atoms with Gasteiger partial charge in [0.1, 0.15) is 5.82 Å². The third kappa shape index (κ3) is 3.16. The second-order valence-electron chi connectivity index (χ2n) is 4.79. The van der Waals surface area contributed by atoms with Crippen LogP contribution < -0.4 is 10.5 Å². The van der Waals surface area contributed by atoms with Gasteiger partial charge < -0.3 is 10.5 Å². The molecule has 0 amide bonds. The average molecular weight is 235 g/mol. The van der Waals surface area contributed by atoms with Crippen LogP contribution in [0.4, 0.5) is 0 Å². The number of nitrogens with two attached hydrogens (primary N) is 1. The SMILES string of the molecule is COc1cnc(C2CCCC(CN)CC2)nc1. The van der Waals surface area contributed by atoms with Crippen LogP contribution in [0.2, 0.25) is 0 Å². The molecule has 1 fully saturated rings. The Balaban J connectivity index is 2.01. The van der Waals surface area contributed by atoms with Crippen molar-refractivity contribution in [2.75, 3.05) is 13.7 Å². The fourth-order valence-corrected chi connectivity index (χ4v) is 2.51. The van der Waals surface area contributed by atoms with Crippen molar-refractivity contribution in [1.82, 2.24) is 9.97 Å². The topological polar surface area (TPSA) is 61.0 Å². The molecule has 1 saturated carbocycles. The molecule has 17 heavy (non-hydrogen) atoms. The maximum atomic E-state index is 5.75. The summed E-state index contributed by atoms with van der Waals surface area (Å²) >= 11 is 0. The molecule has 4 nitrogen and oxygen atoms in total. The van der Waals surface area contributed by atoms with E-state index < -0.39 is 0 Å². The maximum absolute atomic E-state index is 5.75. The smallest absolute Gasteiger partial charge is 0.155 e. The Morgan fingerprint density at radius 3 is 2.65 bits per heavy atom. The van der Waals surface area contributed by atoms with Gasteiger partial charge in [-0.05, 0) is 38.1 Å². The molecule has 0 saturated heterocycles. The molecule has 0 bridgehead atoms. The highest BCUT2D eigenvalue weighted by Crippen LogP contribution is 2.32. The van der Waals surface area contributed by atoms with E-state index in [1.54, 1.807) is 19.5 Å². The molecule has 94 valence electrons. The van der Waals surface area contributed by atoms with Gasteiger partial charge >= 0.3 is 0 Å². The fourth-order valence-electron chi connectivity index (χ4n) is 2.51. The summed E-state index contributed by atoms with van der Waals surface area (Å²) in [5.41, 5.74) is 5.75. The average Bonchev–Trinajstić information content (AvgIpc) is 2.64. The first kappa shape index (κ1) is 12.3. The van der Waals surface area contributed by atoms with Gasteiger partial charge in [-0.2, -0.15) is 0 Å². The van der Waals surface area contributed by atoms with Crippen LogP contribution in [-0.2, 0) is 0 Å². The van der Waals surface area contributed by atoms with Crippen molar-refractivity contribution in [3.63, 3.8) is 0 Å². The number of nitrogens with zero attached hydrogens (tertiary/aromatic N) is 2. The molecule has 2 atom stereocenters. The quantitative estimate of drug-likeness (QED) is 0.815. The molecular formula is C13H21N3O. The third-order valence-corrected chi connectivity index (χ3v) is 3.67. The molecule has 2 N–H and O–H groups in total. The molecule has 1 aromatic rings. The molecule has 1 aromatic heterocycles. The molecule has 2 rings (SSSR count). The minimum Gasteiger partial charge on any atom is -0.494 e. The number of rotatable bonds is 3. The van der Waals surface area contributed by atoms with Crippen LogP contribution in [0, 0.1) is 5.92 Å². The van der Waals surface area contributed by atoms with Crippen LogP contribution in [0.15, 0.2) is 12.4 Å². The summed E-state index contributed by atoms with van der Waals surface area (Å²) in [6.45, 7) is 0.816. The van der Waals surface area contributed by atoms with E-state index in [2.05, 4.69) is 9.97 Å². The van der Waals surface area contributed by atoms with Crippen molar-refractivity contribution in [1.29, 1.82) is 0 Å². The molecule has 1 aliphatic carbocycles. The predicted octanol–water partition coefficient (Wildman–Crippen LogP) is 2.11. The standard InChI is InChI=1S/C13H21N3O/c1-17-12-8-15-13(16-9-12)11-4-2-3-10(7-14)5-6-11/h8-11H,2-7,14H2,1H3. The summed E-state index contributed by atoms with van der Waals surface area (Å²) in [6.07, 6.45) is 9.56. The molecule has 0 spiro atoms. The molecule has 4 heteroatoms. The van der Waals surface area contributed by atoms with E-state index in [1.807, 2.05) is 0 Å². The number of hydrogen-bond acceptors (Lipinski definition) is 4. The monoisotopic (exact) mass is 235 g/mol. The zero-order valence-corrected chi connectivity index (χ0v) is 10.4. The van der Waals surface area contributed by atoms with E-state index in [9.17, 15) is 0 Å². The van der Waals surface area contributed by atoms with Crippen LogP contribution in [-0.4, -0.2) is 23.6 Å². The Morgan fingerprint density at radius 2 is 2.00 bits per heavy atom. The lowest BCUT2D eigenvalue weighted by Crippen LogP contribution is -2.13. The Hall–Kier alpha value is -1.16. The second kappa shape index (κ2) is 5.96. The number of aromatic nitrogens is 2. The minimum atomic E-state index is 0.498. The van der Waals surface area contributed by atoms with Gasteiger partial charge in [-0.1, -0.05) is 6.42 Å². The Morgan fingerprint density at radius 1 is 1.24 bits per heavy atom. The first-order valence-electron chi connectivity index (χ1n) is 6.39. The zero-order chi connectivity index (χ0) is 12.1. The molecule has 1 aliphatic rings. The molecule has 0 radical (unpaired) electrons. The minimum absolute atomic E-state index is 0.498. The lowest BCUT2D eigenvalue weighted by molar-refractivity contribution is 0.408. The van der Waals surface area contributed by atoms with Crippen molar-refractivity contribution >= 4 is 0 Å². The molecule has 1 heterocycles. The van der Waals surface area contributed by atoms with Gasteiger partial charge in [-0.3, -0.25) is 0 Å². The summed E-state index contributed by atoms with van der Waals surface area (Å²) < 4.78 is 5.07. The van der Waals surface area contributed by atoms with Gasteiger partial charge in [0.25, 0.3) is 0 Å². The largest absolute Gasteiger partial charge is 0.494 e. The molecule has 0 aromatic carbocycles. The number of ether oxygens (including phenoxy) is 1. The molecule has 0 aliphatic heterocycles. The van der Waals surface area contributed by atoms with Gasteiger partial charge in [0, 0.05) is 5.92 Å². The van der Waals surface area contributed by atoms with Gasteiger partial charge in [0.2, 0.25) is 0 Å². The molecule has 2 unspecified atom stereocenters. The van der Waals surface area contributed by atoms with Crippen molar-refractivity contribution < 1.29 is 4.74 Å². The lowest BCUT2D eigenvalue weighted by atomic mass is 9.97. The highest BCUT2D eigenvalue weighted by molar-refractivity contribution is 5.13. The van der Waals surface area contributed by atoms with E-state index in [-0.39, 0.29) is 0 Å². The van der Waals surface area contributed by atoms with Crippen LogP contribution in [0.3, 0.4) is 0 Å². The maximum Gasteiger partial charge on any atom is 0.155 e. The first-order chi connectivity index (χ1) is 8.33. The Bertz CT molecular complexity index is 339. The zero-order valence-electron chi connectivity index (χ0n) is 10.4. The van der Waals surface area contributed by atoms with Crippen LogP contribution in [0.1, 0.15) is 43.8 Å². The summed E-state index contributed by atoms with van der Waals surface area (Å²) in [7, 11) is 1.63. The van der Waals surface area contributed by atoms with Crippen molar-refractivity contribution in [2.24, 2.45) is 11.7 Å². The normalized spacial score (nSPS) is 25.3. The van der Waals surface area contributed by atoms with E-state index in [0.717, 1.165) is 24.5 Å². The first-order valence-corrected chi connectivity index (χ1v) is 6.39. The van der Waals surface area contributed by atoms with Crippen LogP contribution in [0.25, 0.3) is 0 Å². The van der Waals surface area contributed by atoms with E-state index >= 15 is 0 Å². The Labute approximate surface area is 103 Å². The van der Waals surface area contributed by atoms with Crippen LogP contribution in [0.5, 0.6) is 5.75 Å². The van der Waals surface area contributed by atoms with Gasteiger partial charge in [0.05, 0.1) is 19.5 Å². The van der Waals surface area contributed by atoms with E-state index in [4.69, 9.17) is 10.5 Å². The van der Waals surface area contributed by atoms with Crippen LogP contribution >= 0.6 is 0 Å². The fraction of sp³-hybridized carbons (Fsp3) is 0.692. The van der Waals surface area contributed by atoms with Gasteiger partial charge in [-0.25, -0.2) is 9.97 Å². The van der Waals surface area contributed by atoms with Gasteiger partial charge in [-0.15, -0.1) is 0 Å². The lowest BCUT2D eigenvalue weighted by Gasteiger charge is -2.13. The second-order valence-corrected chi connectivity index (χ2v) is 4.79. The molecular weight excluding hydrogens is 214 g/mol. The van der Waals surface area contributed by atoms with Gasteiger partial charge in [0.15, 0.2) is 5.75 Å². The Kier molecular flexibility index (Phi) is 4.31. The van der Waals surface area contributed by atoms with E-state index in [0.29, 0.717) is 11.8 Å². The van der Waals surface area contributed by atoms with Crippen molar-refractivity contribution in [2.45, 2.75) is 38.0 Å². The van der Waals surface area contributed by atoms with Crippen molar-refractivity contribution in [3.05, 3.63) is 18.2 Å². The summed E-state index contributed by atoms with van der Waals surface area (Å²) in [5.74, 6) is 2.88. The van der Waals surface area contributed by atoms with Crippen molar-refractivity contribution in [3.8, 4) is 5.75 Å².